The molecular weight excluding hydrogens is 265 g/mol. The predicted octanol–water partition coefficient (Wildman–Crippen LogP) is 1.56. The molecule has 0 spiro atoms. The predicted molar refractivity (Wildman–Crippen MR) is 76.9 cm³/mol. The lowest BCUT2D eigenvalue weighted by Gasteiger charge is -2.02. The first kappa shape index (κ1) is 15.2. The Balaban J connectivity index is 0.000000312. The summed E-state index contributed by atoms with van der Waals surface area (Å²) in [5.74, 6) is 0. The third-order valence-corrected chi connectivity index (χ3v) is 2.15. The first-order valence-corrected chi connectivity index (χ1v) is 6.99. The van der Waals surface area contributed by atoms with Gasteiger partial charge in [-0.15, -0.1) is 0 Å². The summed E-state index contributed by atoms with van der Waals surface area (Å²) in [6, 6.07) is 15.6. The zero-order valence-electron chi connectivity index (χ0n) is 10.1. The minimum Gasteiger partial charge on any atom is -0.399 e. The van der Waals surface area contributed by atoms with Gasteiger partial charge in [-0.25, -0.2) is 10.1 Å². The summed E-state index contributed by atoms with van der Waals surface area (Å²) in [7, 11) is -4.14. The van der Waals surface area contributed by atoms with Gasteiger partial charge in [0, 0.05) is 11.4 Å². The van der Waals surface area contributed by atoms with Gasteiger partial charge in [-0.3, -0.25) is 0 Å². The van der Waals surface area contributed by atoms with Crippen LogP contribution in [0.4, 0.5) is 11.4 Å². The maximum Gasteiger partial charge on any atom is 0.397 e. The number of anilines is 2. The number of nitrogen functional groups attached to an aromatic ring is 2. The molecule has 2 aromatic carbocycles. The molecule has 102 valence electrons. The molecule has 0 unspecified atom stereocenters. The summed E-state index contributed by atoms with van der Waals surface area (Å²) in [6.07, 6.45) is 0. The summed E-state index contributed by atoms with van der Waals surface area (Å²) in [5, 5.41) is 0. The summed E-state index contributed by atoms with van der Waals surface area (Å²) < 4.78 is 9.10. The topological polar surface area (TPSA) is 136 Å². The highest BCUT2D eigenvalue weighted by Crippen LogP contribution is 2.21. The first-order valence-electron chi connectivity index (χ1n) is 5.31. The highest BCUT2D eigenvalue weighted by molar-refractivity contribution is 7.49. The number of hydrogen-bond donors (Lipinski definition) is 5. The van der Waals surface area contributed by atoms with Crippen molar-refractivity contribution in [3.8, 4) is 11.1 Å². The SMILES string of the molecule is NP(=O)(O)O.Nc1ccc(-c2ccc(N)cc2)cc1. The van der Waals surface area contributed by atoms with E-state index in [-0.39, 0.29) is 0 Å². The van der Waals surface area contributed by atoms with Gasteiger partial charge in [-0.05, 0) is 35.4 Å². The lowest BCUT2D eigenvalue weighted by Crippen LogP contribution is -1.87. The van der Waals surface area contributed by atoms with Gasteiger partial charge in [-0.1, -0.05) is 24.3 Å². The lowest BCUT2D eigenvalue weighted by atomic mass is 10.1. The zero-order valence-corrected chi connectivity index (χ0v) is 11.0. The van der Waals surface area contributed by atoms with E-state index in [1.807, 2.05) is 48.5 Å². The summed E-state index contributed by atoms with van der Waals surface area (Å²) in [5.41, 5.74) is 19.1. The largest absolute Gasteiger partial charge is 0.399 e. The first-order chi connectivity index (χ1) is 8.75. The smallest absolute Gasteiger partial charge is 0.397 e. The molecule has 6 nitrogen and oxygen atoms in total. The van der Waals surface area contributed by atoms with Crippen LogP contribution in [-0.4, -0.2) is 9.79 Å². The van der Waals surface area contributed by atoms with E-state index < -0.39 is 7.75 Å². The molecule has 0 saturated carbocycles. The average molecular weight is 281 g/mol. The van der Waals surface area contributed by atoms with E-state index in [1.165, 1.54) is 0 Å². The van der Waals surface area contributed by atoms with Gasteiger partial charge in [0.1, 0.15) is 0 Å². The van der Waals surface area contributed by atoms with Gasteiger partial charge in [0.25, 0.3) is 0 Å². The van der Waals surface area contributed by atoms with Crippen LogP contribution < -0.4 is 17.0 Å². The van der Waals surface area contributed by atoms with Crippen LogP contribution in [0, 0.1) is 0 Å². The van der Waals surface area contributed by atoms with Crippen LogP contribution in [0.5, 0.6) is 0 Å². The monoisotopic (exact) mass is 281 g/mol. The van der Waals surface area contributed by atoms with Gasteiger partial charge in [0.15, 0.2) is 0 Å². The molecule has 0 radical (unpaired) electrons. The molecule has 0 atom stereocenters. The normalized spacial score (nSPS) is 10.5. The van der Waals surface area contributed by atoms with Gasteiger partial charge >= 0.3 is 7.75 Å². The molecule has 2 rings (SSSR count). The van der Waals surface area contributed by atoms with Crippen LogP contribution in [0.2, 0.25) is 0 Å². The van der Waals surface area contributed by atoms with E-state index in [0.717, 1.165) is 22.5 Å². The van der Waals surface area contributed by atoms with Crippen molar-refractivity contribution in [2.24, 2.45) is 5.50 Å². The third-order valence-electron chi connectivity index (χ3n) is 2.15. The molecule has 0 bridgehead atoms. The second kappa shape index (κ2) is 6.36. The van der Waals surface area contributed by atoms with Crippen LogP contribution in [0.3, 0.4) is 0 Å². The maximum atomic E-state index is 9.10. The van der Waals surface area contributed by atoms with Crippen molar-refractivity contribution in [2.45, 2.75) is 0 Å². The Bertz CT molecular complexity index is 512. The van der Waals surface area contributed by atoms with E-state index in [1.54, 1.807) is 0 Å². The molecule has 0 aliphatic heterocycles. The Morgan fingerprint density at radius 1 is 0.737 bits per heavy atom. The van der Waals surface area contributed by atoms with Crippen LogP contribution in [-0.2, 0) is 4.57 Å². The van der Waals surface area contributed by atoms with E-state index in [2.05, 4.69) is 5.50 Å². The number of hydrogen-bond acceptors (Lipinski definition) is 3. The fraction of sp³-hybridized carbons (Fsp3) is 0. The minimum absolute atomic E-state index is 0.782. The van der Waals surface area contributed by atoms with Gasteiger partial charge in [0.2, 0.25) is 0 Å². The number of nitrogens with two attached hydrogens (primary N) is 3. The quantitative estimate of drug-likeness (QED) is 0.397. The fourth-order valence-corrected chi connectivity index (χ4v) is 1.35. The van der Waals surface area contributed by atoms with E-state index in [9.17, 15) is 0 Å². The molecular formula is C12H16N3O3P. The van der Waals surface area contributed by atoms with Crippen molar-refractivity contribution >= 4 is 19.1 Å². The standard InChI is InChI=1S/C12H12N2.H4NO3P/c13-11-5-1-9(2-6-11)10-3-7-12(14)8-4-10;1-5(2,3)4/h1-8H,13-14H2;(H4,1,2,3,4). The molecule has 0 aliphatic rings. The molecule has 19 heavy (non-hydrogen) atoms. The molecule has 0 aliphatic carbocycles. The van der Waals surface area contributed by atoms with Crippen molar-refractivity contribution < 1.29 is 14.4 Å². The zero-order chi connectivity index (χ0) is 14.5. The van der Waals surface area contributed by atoms with Gasteiger partial charge < -0.3 is 21.3 Å². The second-order valence-corrected chi connectivity index (χ2v) is 5.01. The Morgan fingerprint density at radius 2 is 0.947 bits per heavy atom. The Labute approximate surface area is 111 Å². The molecule has 0 saturated heterocycles. The van der Waals surface area contributed by atoms with Gasteiger partial charge in [0.05, 0.1) is 0 Å². The van der Waals surface area contributed by atoms with Crippen molar-refractivity contribution in [1.29, 1.82) is 0 Å². The average Bonchev–Trinajstić information content (AvgIpc) is 2.29. The van der Waals surface area contributed by atoms with Crippen molar-refractivity contribution in [1.82, 2.24) is 0 Å². The van der Waals surface area contributed by atoms with Crippen LogP contribution in [0.1, 0.15) is 0 Å². The minimum atomic E-state index is -4.14. The molecule has 7 heteroatoms. The Kier molecular flexibility index (Phi) is 5.09. The van der Waals surface area contributed by atoms with E-state index >= 15 is 0 Å². The highest BCUT2D eigenvalue weighted by Gasteiger charge is 1.97. The third kappa shape index (κ3) is 6.59. The molecule has 2 aromatic rings. The van der Waals surface area contributed by atoms with Crippen molar-refractivity contribution in [2.75, 3.05) is 11.5 Å². The van der Waals surface area contributed by atoms with E-state index in [0.29, 0.717) is 0 Å². The number of benzene rings is 2. The van der Waals surface area contributed by atoms with Crippen LogP contribution >= 0.6 is 7.75 Å². The summed E-state index contributed by atoms with van der Waals surface area (Å²) in [4.78, 5) is 14.8. The molecule has 0 amide bonds. The molecule has 0 fully saturated rings. The summed E-state index contributed by atoms with van der Waals surface area (Å²) >= 11 is 0. The van der Waals surface area contributed by atoms with Crippen molar-refractivity contribution in [3.05, 3.63) is 48.5 Å². The molecule has 0 heterocycles. The van der Waals surface area contributed by atoms with Crippen molar-refractivity contribution in [3.63, 3.8) is 0 Å². The fourth-order valence-electron chi connectivity index (χ4n) is 1.35. The highest BCUT2D eigenvalue weighted by atomic mass is 31.2. The molecule has 8 N–H and O–H groups in total. The van der Waals surface area contributed by atoms with Crippen LogP contribution in [0.15, 0.2) is 48.5 Å². The van der Waals surface area contributed by atoms with Gasteiger partial charge in [-0.2, -0.15) is 0 Å². The summed E-state index contributed by atoms with van der Waals surface area (Å²) in [6.45, 7) is 0. The second-order valence-electron chi connectivity index (χ2n) is 3.83. The maximum absolute atomic E-state index is 9.10. The number of rotatable bonds is 1. The lowest BCUT2D eigenvalue weighted by molar-refractivity contribution is 0.374. The Hall–Kier alpha value is -1.85. The Morgan fingerprint density at radius 3 is 1.16 bits per heavy atom. The van der Waals surface area contributed by atoms with E-state index in [4.69, 9.17) is 25.8 Å². The van der Waals surface area contributed by atoms with Crippen LogP contribution in [0.25, 0.3) is 11.1 Å². The molecule has 0 aromatic heterocycles.